The fourth-order valence-electron chi connectivity index (χ4n) is 4.08. The van der Waals surface area contributed by atoms with Gasteiger partial charge in [0.25, 0.3) is 5.91 Å². The molecule has 2 aromatic carbocycles. The van der Waals surface area contributed by atoms with E-state index in [1.165, 1.54) is 4.90 Å². The van der Waals surface area contributed by atoms with Crippen molar-refractivity contribution in [3.05, 3.63) is 53.6 Å². The highest BCUT2D eigenvalue weighted by Gasteiger charge is 2.31. The fourth-order valence-corrected chi connectivity index (χ4v) is 4.71. The number of carbonyl (C=O) groups excluding carboxylic acids is 1. The molecule has 4 rings (SSSR count). The molecule has 3 N–H and O–H groups in total. The number of aromatic hydroxyl groups is 1. The monoisotopic (exact) mass is 525 g/mol. The second kappa shape index (κ2) is 9.91. The quantitative estimate of drug-likeness (QED) is 0.277. The van der Waals surface area contributed by atoms with Crippen LogP contribution in [0.2, 0.25) is 0 Å². The molecular formula is C26H31N5O5S. The number of benzene rings is 2. The van der Waals surface area contributed by atoms with Gasteiger partial charge in [-0.25, -0.2) is 0 Å². The van der Waals surface area contributed by atoms with Crippen LogP contribution >= 0.6 is 11.1 Å². The maximum absolute atomic E-state index is 12.9. The minimum absolute atomic E-state index is 0.113. The fraction of sp³-hybridized carbons (Fsp3) is 0.346. The molecule has 0 aliphatic carbocycles. The smallest absolute Gasteiger partial charge is 0.257 e. The summed E-state index contributed by atoms with van der Waals surface area (Å²) in [7, 11) is 3.21. The topological polar surface area (TPSA) is 132 Å². The van der Waals surface area contributed by atoms with E-state index in [1.54, 1.807) is 33.2 Å². The molecule has 10 nitrogen and oxygen atoms in total. The third-order valence-corrected chi connectivity index (χ3v) is 6.63. The van der Waals surface area contributed by atoms with Gasteiger partial charge in [-0.15, -0.1) is 0 Å². The van der Waals surface area contributed by atoms with Crippen molar-refractivity contribution >= 4 is 39.9 Å². The molecule has 0 fully saturated rings. The summed E-state index contributed by atoms with van der Waals surface area (Å²) < 4.78 is 31.6. The van der Waals surface area contributed by atoms with Crippen molar-refractivity contribution < 1.29 is 23.9 Å². The van der Waals surface area contributed by atoms with Gasteiger partial charge in [0.2, 0.25) is 18.4 Å². The number of hydrogen-bond donors (Lipinski definition) is 3. The standard InChI is InChI=1S/C26H31N5O5S/c1-14(2)16-9-10-17(21(32)20(16)25(33)31(6)7)27-23-24(30-37(34)29-23)28-22(26(3,4)5)15-8-11-18-19(12-15)36-13-35-18/h8-12,22,32H,1,13H2,2-7H3,(H,27,29)(H,28,30)/t22-,37?/m0/s1. The molecule has 0 saturated carbocycles. The maximum atomic E-state index is 12.9. The number of anilines is 3. The number of phenols is 1. The molecule has 0 bridgehead atoms. The summed E-state index contributed by atoms with van der Waals surface area (Å²) >= 11 is -1.86. The van der Waals surface area contributed by atoms with E-state index in [9.17, 15) is 14.5 Å². The predicted octanol–water partition coefficient (Wildman–Crippen LogP) is 5.32. The Morgan fingerprint density at radius 3 is 2.49 bits per heavy atom. The molecule has 2 heterocycles. The van der Waals surface area contributed by atoms with Crippen LogP contribution in [0, 0.1) is 5.41 Å². The summed E-state index contributed by atoms with van der Waals surface area (Å²) in [6.45, 7) is 12.0. The van der Waals surface area contributed by atoms with Gasteiger partial charge in [0.1, 0.15) is 0 Å². The molecule has 3 aromatic rings. The number of phenolic OH excluding ortho intramolecular Hbond substituents is 1. The van der Waals surface area contributed by atoms with Crippen LogP contribution in [0.4, 0.5) is 17.3 Å². The van der Waals surface area contributed by atoms with Crippen molar-refractivity contribution in [2.75, 3.05) is 31.5 Å². The van der Waals surface area contributed by atoms with Crippen LogP contribution in [-0.2, 0) is 0 Å². The van der Waals surface area contributed by atoms with Crippen LogP contribution in [0.3, 0.4) is 0 Å². The third kappa shape index (κ3) is 5.32. The normalized spacial score (nSPS) is 13.8. The minimum Gasteiger partial charge on any atom is -0.546 e. The lowest BCUT2D eigenvalue weighted by Crippen LogP contribution is -2.26. The number of rotatable bonds is 7. The number of fused-ring (bicyclic) bond motifs is 1. The SMILES string of the molecule is C=C(C)c1ccc(Nc2n[s+]([O-])nc2N[C@@H](c2ccc3c(c2)OCO3)C(C)(C)C)c(O)c1C(=O)N(C)C. The Hall–Kier alpha value is -3.83. The van der Waals surface area contributed by atoms with Crippen molar-refractivity contribution in [2.45, 2.75) is 33.7 Å². The van der Waals surface area contributed by atoms with Crippen molar-refractivity contribution in [3.63, 3.8) is 0 Å². The Kier molecular flexibility index (Phi) is 7.03. The molecule has 0 saturated heterocycles. The highest BCUT2D eigenvalue weighted by atomic mass is 32.2. The van der Waals surface area contributed by atoms with E-state index in [0.717, 1.165) is 5.56 Å². The molecule has 11 heteroatoms. The molecule has 196 valence electrons. The van der Waals surface area contributed by atoms with Gasteiger partial charge in [-0.2, -0.15) is 0 Å². The maximum Gasteiger partial charge on any atom is 0.257 e. The average molecular weight is 526 g/mol. The highest BCUT2D eigenvalue weighted by Crippen LogP contribution is 2.43. The lowest BCUT2D eigenvalue weighted by molar-refractivity contribution is 0.0824. The molecular weight excluding hydrogens is 494 g/mol. The Labute approximate surface area is 219 Å². The zero-order chi connectivity index (χ0) is 27.1. The first kappa shape index (κ1) is 26.2. The molecule has 2 atom stereocenters. The van der Waals surface area contributed by atoms with E-state index in [4.69, 9.17) is 9.47 Å². The Bertz CT molecular complexity index is 1360. The molecule has 0 radical (unpaired) electrons. The first-order valence-corrected chi connectivity index (χ1v) is 12.7. The largest absolute Gasteiger partial charge is 0.546 e. The number of nitrogens with zero attached hydrogens (tertiary/aromatic N) is 3. The second-order valence-electron chi connectivity index (χ2n) is 10.2. The average Bonchev–Trinajstić information content (AvgIpc) is 3.42. The van der Waals surface area contributed by atoms with Crippen LogP contribution in [0.15, 0.2) is 36.9 Å². The van der Waals surface area contributed by atoms with Crippen LogP contribution < -0.4 is 20.1 Å². The zero-order valence-corrected chi connectivity index (χ0v) is 22.5. The van der Waals surface area contributed by atoms with E-state index in [1.807, 2.05) is 18.2 Å². The van der Waals surface area contributed by atoms with Crippen molar-refractivity contribution in [3.8, 4) is 17.2 Å². The minimum atomic E-state index is -1.86. The summed E-state index contributed by atoms with van der Waals surface area (Å²) in [5.41, 5.74) is 2.12. The van der Waals surface area contributed by atoms with Crippen molar-refractivity contribution in [2.24, 2.45) is 5.41 Å². The Morgan fingerprint density at radius 1 is 1.16 bits per heavy atom. The van der Waals surface area contributed by atoms with E-state index in [0.29, 0.717) is 22.6 Å². The number of nitrogens with one attached hydrogen (secondary N) is 2. The van der Waals surface area contributed by atoms with Crippen LogP contribution in [0.25, 0.3) is 5.57 Å². The third-order valence-electron chi connectivity index (χ3n) is 5.95. The Balaban J connectivity index is 1.71. The van der Waals surface area contributed by atoms with Crippen molar-refractivity contribution in [1.82, 2.24) is 13.6 Å². The molecule has 37 heavy (non-hydrogen) atoms. The highest BCUT2D eigenvalue weighted by molar-refractivity contribution is 7.14. The first-order valence-electron chi connectivity index (χ1n) is 11.6. The van der Waals surface area contributed by atoms with Crippen molar-refractivity contribution in [1.29, 1.82) is 0 Å². The van der Waals surface area contributed by atoms with Gasteiger partial charge in [0.15, 0.2) is 28.4 Å². The number of aromatic nitrogens is 2. The van der Waals surface area contributed by atoms with Crippen LogP contribution in [0.5, 0.6) is 17.2 Å². The number of amides is 1. The first-order chi connectivity index (χ1) is 17.4. The van der Waals surface area contributed by atoms with Gasteiger partial charge in [0, 0.05) is 22.8 Å². The molecule has 0 spiro atoms. The molecule has 1 aliphatic heterocycles. The van der Waals surface area contributed by atoms with Gasteiger partial charge in [-0.05, 0) is 41.7 Å². The van der Waals surface area contributed by atoms with Gasteiger partial charge in [0.05, 0.1) is 17.3 Å². The summed E-state index contributed by atoms with van der Waals surface area (Å²) in [5, 5.41) is 17.4. The molecule has 1 amide bonds. The summed E-state index contributed by atoms with van der Waals surface area (Å²) in [6.07, 6.45) is 0. The van der Waals surface area contributed by atoms with E-state index >= 15 is 0 Å². The summed E-state index contributed by atoms with van der Waals surface area (Å²) in [6, 6.07) is 8.74. The summed E-state index contributed by atoms with van der Waals surface area (Å²) in [4.78, 5) is 14.2. The van der Waals surface area contributed by atoms with Gasteiger partial charge in [-0.3, -0.25) is 4.79 Å². The number of hydrogen-bond acceptors (Lipinski definition) is 9. The zero-order valence-electron chi connectivity index (χ0n) is 21.7. The lowest BCUT2D eigenvalue weighted by atomic mass is 9.82. The van der Waals surface area contributed by atoms with E-state index < -0.39 is 11.1 Å². The number of ether oxygens (including phenoxy) is 2. The molecule has 1 unspecified atom stereocenters. The van der Waals surface area contributed by atoms with E-state index in [2.05, 4.69) is 46.7 Å². The Morgan fingerprint density at radius 2 is 1.84 bits per heavy atom. The van der Waals surface area contributed by atoms with Crippen LogP contribution in [-0.4, -0.2) is 50.1 Å². The lowest BCUT2D eigenvalue weighted by Gasteiger charge is -2.32. The number of allylic oxidation sites excluding steroid dienone is 1. The van der Waals surface area contributed by atoms with Gasteiger partial charge < -0.3 is 34.7 Å². The van der Waals surface area contributed by atoms with E-state index in [-0.39, 0.29) is 52.8 Å². The second-order valence-corrected chi connectivity index (χ2v) is 11.0. The molecule has 1 aromatic heterocycles. The molecule has 1 aliphatic rings. The van der Waals surface area contributed by atoms with Gasteiger partial charge in [-0.1, -0.05) is 45.1 Å². The van der Waals surface area contributed by atoms with Crippen LogP contribution in [0.1, 0.15) is 55.2 Å². The summed E-state index contributed by atoms with van der Waals surface area (Å²) in [5.74, 6) is 1.13. The van der Waals surface area contributed by atoms with Gasteiger partial charge >= 0.3 is 0 Å². The predicted molar refractivity (Wildman–Crippen MR) is 143 cm³/mol. The number of carbonyl (C=O) groups is 1.